The molecule has 0 aromatic carbocycles. The van der Waals surface area contributed by atoms with E-state index >= 15 is 0 Å². The molecular formula is C14H24N2O3. The number of hydrogen-bond donors (Lipinski definition) is 1. The molecule has 0 radical (unpaired) electrons. The van der Waals surface area contributed by atoms with Crippen LogP contribution < -0.4 is 0 Å². The fraction of sp³-hybridized carbons (Fsp3) is 0.857. The fourth-order valence-electron chi connectivity index (χ4n) is 2.75. The number of nitrogens with zero attached hydrogens (tertiary/aromatic N) is 2. The Morgan fingerprint density at radius 2 is 1.79 bits per heavy atom. The summed E-state index contributed by atoms with van der Waals surface area (Å²) in [5.74, 6) is 0.471. The second-order valence-corrected chi connectivity index (χ2v) is 5.97. The first-order valence-electron chi connectivity index (χ1n) is 7.28. The molecule has 2 aliphatic rings. The van der Waals surface area contributed by atoms with Gasteiger partial charge in [-0.15, -0.1) is 0 Å². The molecule has 1 N–H and O–H groups in total. The molecule has 0 bridgehead atoms. The van der Waals surface area contributed by atoms with E-state index in [4.69, 9.17) is 5.11 Å². The van der Waals surface area contributed by atoms with Crippen LogP contribution in [0.3, 0.4) is 0 Å². The van der Waals surface area contributed by atoms with Gasteiger partial charge in [0.25, 0.3) is 0 Å². The third-order valence-electron chi connectivity index (χ3n) is 4.21. The van der Waals surface area contributed by atoms with Gasteiger partial charge in [0.2, 0.25) is 0 Å². The molecule has 0 aromatic rings. The molecule has 108 valence electrons. The Hall–Kier alpha value is -1.26. The van der Waals surface area contributed by atoms with E-state index < -0.39 is 5.97 Å². The number of carbonyl (C=O) groups excluding carboxylic acids is 1. The van der Waals surface area contributed by atoms with Gasteiger partial charge in [0, 0.05) is 33.1 Å². The molecule has 1 saturated heterocycles. The lowest BCUT2D eigenvalue weighted by Crippen LogP contribution is -2.45. The van der Waals surface area contributed by atoms with E-state index in [0.29, 0.717) is 5.92 Å². The number of aliphatic carboxylic acids is 1. The zero-order chi connectivity index (χ0) is 13.8. The number of amides is 2. The molecule has 1 aliphatic heterocycles. The summed E-state index contributed by atoms with van der Waals surface area (Å²) in [6.07, 6.45) is 5.39. The highest BCUT2D eigenvalue weighted by molar-refractivity contribution is 5.74. The molecule has 1 saturated carbocycles. The second kappa shape index (κ2) is 6.26. The molecule has 1 heterocycles. The van der Waals surface area contributed by atoms with Crippen LogP contribution >= 0.6 is 0 Å². The average molecular weight is 268 g/mol. The van der Waals surface area contributed by atoms with Crippen molar-refractivity contribution in [1.82, 2.24) is 9.80 Å². The number of hydrogen-bond acceptors (Lipinski definition) is 2. The van der Waals surface area contributed by atoms with E-state index in [0.717, 1.165) is 44.8 Å². The van der Waals surface area contributed by atoms with Crippen molar-refractivity contribution in [1.29, 1.82) is 0 Å². The molecule has 2 rings (SSSR count). The highest BCUT2D eigenvalue weighted by Crippen LogP contribution is 2.30. The van der Waals surface area contributed by atoms with Crippen LogP contribution in [0.15, 0.2) is 0 Å². The molecular weight excluding hydrogens is 244 g/mol. The Kier molecular flexibility index (Phi) is 4.66. The van der Waals surface area contributed by atoms with E-state index in [2.05, 4.69) is 0 Å². The van der Waals surface area contributed by atoms with E-state index in [1.807, 2.05) is 16.8 Å². The van der Waals surface area contributed by atoms with Crippen molar-refractivity contribution in [3.8, 4) is 0 Å². The van der Waals surface area contributed by atoms with Crippen LogP contribution in [-0.2, 0) is 4.79 Å². The van der Waals surface area contributed by atoms with Crippen LogP contribution in [0.25, 0.3) is 0 Å². The van der Waals surface area contributed by atoms with Crippen molar-refractivity contribution < 1.29 is 14.7 Å². The van der Waals surface area contributed by atoms with E-state index in [1.54, 1.807) is 0 Å². The van der Waals surface area contributed by atoms with E-state index in [1.165, 1.54) is 12.8 Å². The molecule has 0 unspecified atom stereocenters. The molecule has 5 heteroatoms. The van der Waals surface area contributed by atoms with Crippen LogP contribution in [-0.4, -0.2) is 53.6 Å². The van der Waals surface area contributed by atoms with Gasteiger partial charge < -0.3 is 14.9 Å². The minimum Gasteiger partial charge on any atom is -0.481 e. The summed E-state index contributed by atoms with van der Waals surface area (Å²) in [7, 11) is 1.89. The highest BCUT2D eigenvalue weighted by atomic mass is 16.4. The molecule has 0 spiro atoms. The standard InChI is InChI=1S/C14H24N2O3/c1-15(10-12-2-3-12)14(19)16-8-6-11(7-9-16)4-5-13(17)18/h11-12H,2-10H2,1H3,(H,17,18). The highest BCUT2D eigenvalue weighted by Gasteiger charge is 2.29. The summed E-state index contributed by atoms with van der Waals surface area (Å²) in [6, 6.07) is 0.142. The Morgan fingerprint density at radius 1 is 1.16 bits per heavy atom. The maximum atomic E-state index is 12.2. The third-order valence-corrected chi connectivity index (χ3v) is 4.21. The normalized spacial score (nSPS) is 20.4. The lowest BCUT2D eigenvalue weighted by Gasteiger charge is -2.34. The second-order valence-electron chi connectivity index (χ2n) is 5.97. The molecule has 2 amide bonds. The summed E-state index contributed by atoms with van der Waals surface area (Å²) in [6.45, 7) is 2.44. The smallest absolute Gasteiger partial charge is 0.319 e. The monoisotopic (exact) mass is 268 g/mol. The summed E-state index contributed by atoms with van der Waals surface area (Å²) < 4.78 is 0. The maximum Gasteiger partial charge on any atom is 0.319 e. The van der Waals surface area contributed by atoms with Crippen LogP contribution in [0.4, 0.5) is 4.79 Å². The van der Waals surface area contributed by atoms with Crippen molar-refractivity contribution in [3.05, 3.63) is 0 Å². The van der Waals surface area contributed by atoms with Crippen molar-refractivity contribution in [3.63, 3.8) is 0 Å². The number of likely N-dealkylation sites (tertiary alicyclic amines) is 1. The Morgan fingerprint density at radius 3 is 2.32 bits per heavy atom. The Labute approximate surface area is 114 Å². The van der Waals surface area contributed by atoms with Gasteiger partial charge >= 0.3 is 12.0 Å². The van der Waals surface area contributed by atoms with Gasteiger partial charge in [-0.2, -0.15) is 0 Å². The fourth-order valence-corrected chi connectivity index (χ4v) is 2.75. The lowest BCUT2D eigenvalue weighted by molar-refractivity contribution is -0.137. The number of piperidine rings is 1. The van der Waals surface area contributed by atoms with Crippen molar-refractivity contribution >= 4 is 12.0 Å². The largest absolute Gasteiger partial charge is 0.481 e. The molecule has 19 heavy (non-hydrogen) atoms. The van der Waals surface area contributed by atoms with Gasteiger partial charge in [-0.3, -0.25) is 4.79 Å². The van der Waals surface area contributed by atoms with Gasteiger partial charge in [-0.1, -0.05) is 0 Å². The number of carbonyl (C=O) groups is 2. The SMILES string of the molecule is CN(CC1CC1)C(=O)N1CCC(CCC(=O)O)CC1. The van der Waals surface area contributed by atoms with Crippen molar-refractivity contribution in [2.75, 3.05) is 26.7 Å². The molecule has 5 nitrogen and oxygen atoms in total. The third kappa shape index (κ3) is 4.40. The Bertz CT molecular complexity index is 334. The number of carboxylic acid groups (broad SMARTS) is 1. The van der Waals surface area contributed by atoms with Crippen LogP contribution in [0, 0.1) is 11.8 Å². The summed E-state index contributed by atoms with van der Waals surface area (Å²) in [4.78, 5) is 26.5. The molecule has 0 atom stereocenters. The summed E-state index contributed by atoms with van der Waals surface area (Å²) >= 11 is 0. The first kappa shape index (κ1) is 14.2. The predicted molar refractivity (Wildman–Crippen MR) is 71.9 cm³/mol. The summed E-state index contributed by atoms with van der Waals surface area (Å²) in [5.41, 5.74) is 0. The Balaban J connectivity index is 1.69. The van der Waals surface area contributed by atoms with E-state index in [-0.39, 0.29) is 12.5 Å². The van der Waals surface area contributed by atoms with Crippen LogP contribution in [0.2, 0.25) is 0 Å². The minimum atomic E-state index is -0.720. The quantitative estimate of drug-likeness (QED) is 0.830. The zero-order valence-electron chi connectivity index (χ0n) is 11.7. The maximum absolute atomic E-state index is 12.2. The molecule has 1 aliphatic carbocycles. The zero-order valence-corrected chi connectivity index (χ0v) is 11.7. The lowest BCUT2D eigenvalue weighted by atomic mass is 9.92. The van der Waals surface area contributed by atoms with Gasteiger partial charge in [0.05, 0.1) is 0 Å². The van der Waals surface area contributed by atoms with Crippen LogP contribution in [0.5, 0.6) is 0 Å². The van der Waals surface area contributed by atoms with Gasteiger partial charge in [-0.25, -0.2) is 4.79 Å². The average Bonchev–Trinajstić information content (AvgIpc) is 3.20. The van der Waals surface area contributed by atoms with Crippen LogP contribution in [0.1, 0.15) is 38.5 Å². The topological polar surface area (TPSA) is 60.9 Å². The van der Waals surface area contributed by atoms with Crippen molar-refractivity contribution in [2.45, 2.75) is 38.5 Å². The first-order valence-corrected chi connectivity index (χ1v) is 7.28. The number of rotatable bonds is 5. The van der Waals surface area contributed by atoms with Gasteiger partial charge in [0.1, 0.15) is 0 Å². The van der Waals surface area contributed by atoms with Gasteiger partial charge in [0.15, 0.2) is 0 Å². The molecule has 0 aromatic heterocycles. The minimum absolute atomic E-state index is 0.142. The number of carboxylic acids is 1. The van der Waals surface area contributed by atoms with E-state index in [9.17, 15) is 9.59 Å². The van der Waals surface area contributed by atoms with Gasteiger partial charge in [-0.05, 0) is 43.9 Å². The summed E-state index contributed by atoms with van der Waals surface area (Å²) in [5, 5.41) is 8.68. The predicted octanol–water partition coefficient (Wildman–Crippen LogP) is 2.03. The van der Waals surface area contributed by atoms with Crippen molar-refractivity contribution in [2.24, 2.45) is 11.8 Å². The first-order chi connectivity index (χ1) is 9.06. The number of urea groups is 1. The molecule has 2 fully saturated rings.